The maximum Gasteiger partial charge on any atom is 0.252 e. The van der Waals surface area contributed by atoms with Crippen molar-refractivity contribution < 1.29 is 14.0 Å². The van der Waals surface area contributed by atoms with Gasteiger partial charge in [-0.25, -0.2) is 0 Å². The Morgan fingerprint density at radius 3 is 3.19 bits per heavy atom. The molecule has 6 heteroatoms. The number of hydrogen-bond acceptors (Lipinski definition) is 6. The molecule has 90 valence electrons. The molecule has 0 spiro atoms. The van der Waals surface area contributed by atoms with Crippen LogP contribution < -0.4 is 5.32 Å². The molecule has 0 aliphatic carbocycles. The number of methoxy groups -OCH3 is 1. The Kier molecular flexibility index (Phi) is 4.26. The Hall–Kier alpha value is -0.980. The number of nitrogens with one attached hydrogen (secondary N) is 1. The minimum absolute atomic E-state index is 0.247. The molecule has 1 saturated heterocycles. The van der Waals surface area contributed by atoms with Crippen molar-refractivity contribution >= 4 is 0 Å². The van der Waals surface area contributed by atoms with Gasteiger partial charge in [0, 0.05) is 7.11 Å². The normalized spacial score (nSPS) is 20.4. The first-order chi connectivity index (χ1) is 7.90. The summed E-state index contributed by atoms with van der Waals surface area (Å²) in [5, 5.41) is 7.25. The van der Waals surface area contributed by atoms with Crippen LogP contribution in [0.25, 0.3) is 0 Å². The quantitative estimate of drug-likeness (QED) is 0.720. The minimum atomic E-state index is 0.247. The van der Waals surface area contributed by atoms with Gasteiger partial charge in [0.05, 0.1) is 19.3 Å². The van der Waals surface area contributed by atoms with Gasteiger partial charge in [-0.1, -0.05) is 5.16 Å². The van der Waals surface area contributed by atoms with Crippen LogP contribution in [-0.2, 0) is 16.1 Å². The van der Waals surface area contributed by atoms with Gasteiger partial charge in [-0.2, -0.15) is 4.98 Å². The van der Waals surface area contributed by atoms with Crippen molar-refractivity contribution in [1.29, 1.82) is 0 Å². The molecule has 0 radical (unpaired) electrons. The first kappa shape index (κ1) is 11.5. The lowest BCUT2D eigenvalue weighted by atomic mass is 10.2. The molecule has 0 saturated carbocycles. The second kappa shape index (κ2) is 5.93. The van der Waals surface area contributed by atoms with E-state index in [-0.39, 0.29) is 6.04 Å². The van der Waals surface area contributed by atoms with Crippen LogP contribution in [0.4, 0.5) is 0 Å². The van der Waals surface area contributed by atoms with Crippen LogP contribution in [0.3, 0.4) is 0 Å². The van der Waals surface area contributed by atoms with E-state index in [1.165, 1.54) is 6.42 Å². The zero-order chi connectivity index (χ0) is 11.2. The van der Waals surface area contributed by atoms with Gasteiger partial charge in [0.15, 0.2) is 5.82 Å². The highest BCUT2D eigenvalue weighted by Crippen LogP contribution is 2.20. The highest BCUT2D eigenvalue weighted by molar-refractivity contribution is 4.96. The van der Waals surface area contributed by atoms with Crippen molar-refractivity contribution in [2.45, 2.75) is 25.5 Å². The van der Waals surface area contributed by atoms with E-state index in [0.29, 0.717) is 25.7 Å². The van der Waals surface area contributed by atoms with Crippen LogP contribution in [-0.4, -0.2) is 37.0 Å². The summed E-state index contributed by atoms with van der Waals surface area (Å²) in [6.45, 7) is 2.49. The van der Waals surface area contributed by atoms with Gasteiger partial charge in [-0.15, -0.1) is 0 Å². The average molecular weight is 227 g/mol. The largest absolute Gasteiger partial charge is 0.382 e. The summed E-state index contributed by atoms with van der Waals surface area (Å²) < 4.78 is 15.2. The molecule has 2 rings (SSSR count). The molecule has 1 aromatic rings. The van der Waals surface area contributed by atoms with Crippen LogP contribution in [0.15, 0.2) is 4.52 Å². The SMILES string of the molecule is COCCOCc1nc([C@H]2CCCN2)no1. The predicted octanol–water partition coefficient (Wildman–Crippen LogP) is 0.657. The maximum atomic E-state index is 5.29. The number of hydrogen-bond donors (Lipinski definition) is 1. The Morgan fingerprint density at radius 1 is 1.50 bits per heavy atom. The van der Waals surface area contributed by atoms with Gasteiger partial charge in [0.2, 0.25) is 0 Å². The summed E-state index contributed by atoms with van der Waals surface area (Å²) in [6.07, 6.45) is 2.24. The fourth-order valence-electron chi connectivity index (χ4n) is 1.67. The van der Waals surface area contributed by atoms with E-state index in [4.69, 9.17) is 14.0 Å². The van der Waals surface area contributed by atoms with Crippen molar-refractivity contribution in [1.82, 2.24) is 15.5 Å². The fourth-order valence-corrected chi connectivity index (χ4v) is 1.67. The Bertz CT molecular complexity index is 310. The lowest BCUT2D eigenvalue weighted by Gasteiger charge is -2.01. The van der Waals surface area contributed by atoms with E-state index in [9.17, 15) is 0 Å². The van der Waals surface area contributed by atoms with Crippen LogP contribution in [0.2, 0.25) is 0 Å². The van der Waals surface area contributed by atoms with E-state index in [1.54, 1.807) is 7.11 Å². The minimum Gasteiger partial charge on any atom is -0.382 e. The predicted molar refractivity (Wildman–Crippen MR) is 55.8 cm³/mol. The first-order valence-corrected chi connectivity index (χ1v) is 5.52. The number of nitrogens with zero attached hydrogens (tertiary/aromatic N) is 2. The third-order valence-electron chi connectivity index (χ3n) is 2.51. The van der Waals surface area contributed by atoms with Crippen molar-refractivity contribution in [2.75, 3.05) is 26.9 Å². The molecule has 1 atom stereocenters. The summed E-state index contributed by atoms with van der Waals surface area (Å²) in [5.41, 5.74) is 0. The highest BCUT2D eigenvalue weighted by atomic mass is 16.5. The van der Waals surface area contributed by atoms with E-state index in [2.05, 4.69) is 15.5 Å². The molecule has 0 aromatic carbocycles. The Morgan fingerprint density at radius 2 is 2.44 bits per heavy atom. The molecule has 0 unspecified atom stereocenters. The molecular weight excluding hydrogens is 210 g/mol. The van der Waals surface area contributed by atoms with Crippen LogP contribution >= 0.6 is 0 Å². The zero-order valence-corrected chi connectivity index (χ0v) is 9.44. The average Bonchev–Trinajstić information content (AvgIpc) is 2.94. The second-order valence-electron chi connectivity index (χ2n) is 3.74. The van der Waals surface area contributed by atoms with E-state index in [0.717, 1.165) is 18.8 Å². The van der Waals surface area contributed by atoms with E-state index >= 15 is 0 Å². The molecule has 16 heavy (non-hydrogen) atoms. The van der Waals surface area contributed by atoms with Gasteiger partial charge < -0.3 is 19.3 Å². The number of aromatic nitrogens is 2. The van der Waals surface area contributed by atoms with Gasteiger partial charge in [0.25, 0.3) is 5.89 Å². The third kappa shape index (κ3) is 3.01. The van der Waals surface area contributed by atoms with E-state index < -0.39 is 0 Å². The van der Waals surface area contributed by atoms with Crippen molar-refractivity contribution in [3.05, 3.63) is 11.7 Å². The number of rotatable bonds is 6. The summed E-state index contributed by atoms with van der Waals surface area (Å²) >= 11 is 0. The molecule has 1 aromatic heterocycles. The van der Waals surface area contributed by atoms with Crippen LogP contribution in [0.5, 0.6) is 0 Å². The fraction of sp³-hybridized carbons (Fsp3) is 0.800. The number of ether oxygens (including phenoxy) is 2. The molecule has 2 heterocycles. The van der Waals surface area contributed by atoms with Crippen molar-refractivity contribution in [3.63, 3.8) is 0 Å². The van der Waals surface area contributed by atoms with Crippen LogP contribution in [0, 0.1) is 0 Å². The highest BCUT2D eigenvalue weighted by Gasteiger charge is 2.21. The third-order valence-corrected chi connectivity index (χ3v) is 2.51. The standard InChI is InChI=1S/C10H17N3O3/c1-14-5-6-15-7-9-12-10(13-16-9)8-3-2-4-11-8/h8,11H,2-7H2,1H3/t8-/m1/s1. The van der Waals surface area contributed by atoms with Crippen molar-refractivity contribution in [2.24, 2.45) is 0 Å². The summed E-state index contributed by atoms with van der Waals surface area (Å²) in [7, 11) is 1.64. The molecule has 1 N–H and O–H groups in total. The maximum absolute atomic E-state index is 5.29. The molecule has 1 aliphatic rings. The molecule has 1 aliphatic heterocycles. The summed E-state index contributed by atoms with van der Waals surface area (Å²) in [4.78, 5) is 4.28. The second-order valence-corrected chi connectivity index (χ2v) is 3.74. The smallest absolute Gasteiger partial charge is 0.252 e. The molecular formula is C10H17N3O3. The molecule has 1 fully saturated rings. The summed E-state index contributed by atoms with van der Waals surface area (Å²) in [5.74, 6) is 1.27. The van der Waals surface area contributed by atoms with Gasteiger partial charge in [-0.3, -0.25) is 0 Å². The molecule has 6 nitrogen and oxygen atoms in total. The van der Waals surface area contributed by atoms with Gasteiger partial charge >= 0.3 is 0 Å². The zero-order valence-electron chi connectivity index (χ0n) is 9.44. The Labute approximate surface area is 94.3 Å². The van der Waals surface area contributed by atoms with Crippen molar-refractivity contribution in [3.8, 4) is 0 Å². The van der Waals surface area contributed by atoms with Crippen LogP contribution in [0.1, 0.15) is 30.6 Å². The molecule has 0 bridgehead atoms. The molecule has 0 amide bonds. The van der Waals surface area contributed by atoms with Gasteiger partial charge in [0.1, 0.15) is 6.61 Å². The Balaban J connectivity index is 1.77. The lowest BCUT2D eigenvalue weighted by molar-refractivity contribution is 0.0494. The van der Waals surface area contributed by atoms with E-state index in [1.807, 2.05) is 0 Å². The monoisotopic (exact) mass is 227 g/mol. The summed E-state index contributed by atoms with van der Waals surface area (Å²) in [6, 6.07) is 0.247. The van der Waals surface area contributed by atoms with Gasteiger partial charge in [-0.05, 0) is 19.4 Å². The lowest BCUT2D eigenvalue weighted by Crippen LogP contribution is -2.14. The first-order valence-electron chi connectivity index (χ1n) is 5.52. The topological polar surface area (TPSA) is 69.4 Å².